The van der Waals surface area contributed by atoms with Crippen LogP contribution in [0.5, 0.6) is 0 Å². The molecule has 0 saturated heterocycles. The molecular weight excluding hydrogens is 752 g/mol. The summed E-state index contributed by atoms with van der Waals surface area (Å²) in [5.41, 5.74) is 11.3. The maximum Gasteiger partial charge on any atom is 0.326 e. The Labute approximate surface area is 332 Å². The molecule has 14 N–H and O–H groups in total. The molecule has 0 rings (SSSR count). The van der Waals surface area contributed by atoms with E-state index in [4.69, 9.17) is 16.6 Å². The monoisotopic (exact) mass is 816 g/mol. The Morgan fingerprint density at radius 1 is 0.474 bits per heavy atom. The Balaban J connectivity index is 6.42. The maximum absolute atomic E-state index is 13.9. The summed E-state index contributed by atoms with van der Waals surface area (Å²) in [5.74, 6) is -10.5. The molecule has 21 nitrogen and oxygen atoms in total. The van der Waals surface area contributed by atoms with Crippen LogP contribution in [0, 0.1) is 17.8 Å². The van der Waals surface area contributed by atoms with Crippen molar-refractivity contribution in [3.8, 4) is 0 Å². The van der Waals surface area contributed by atoms with Crippen molar-refractivity contribution in [1.82, 2.24) is 31.9 Å². The fourth-order valence-corrected chi connectivity index (χ4v) is 5.48. The molecule has 0 saturated carbocycles. The topological polar surface area (TPSA) is 359 Å². The lowest BCUT2D eigenvalue weighted by atomic mass is 9.98. The molecule has 0 radical (unpaired) electrons. The third-order valence-corrected chi connectivity index (χ3v) is 8.43. The number of nitrogens with one attached hydrogen (secondary N) is 6. The van der Waals surface area contributed by atoms with Crippen molar-refractivity contribution >= 4 is 53.4 Å². The number of carboxylic acids is 3. The number of carboxylic acid groups (broad SMARTS) is 3. The number of nitrogens with two attached hydrogens (primary N) is 2. The lowest BCUT2D eigenvalue weighted by Crippen LogP contribution is -2.60. The molecule has 0 heterocycles. The molecule has 0 aromatic carbocycles. The Hall–Kier alpha value is -4.89. The summed E-state index contributed by atoms with van der Waals surface area (Å²) in [4.78, 5) is 115. The Morgan fingerprint density at radius 3 is 1.12 bits per heavy atom. The first-order chi connectivity index (χ1) is 26.4. The summed E-state index contributed by atoms with van der Waals surface area (Å²) in [5, 5.41) is 52.1. The Morgan fingerprint density at radius 2 is 0.789 bits per heavy atom. The number of aliphatic carboxylic acids is 3. The van der Waals surface area contributed by atoms with Crippen LogP contribution in [0.25, 0.3) is 0 Å². The summed E-state index contributed by atoms with van der Waals surface area (Å²) in [6.45, 7) is 12.0. The van der Waals surface area contributed by atoms with Gasteiger partial charge in [-0.3, -0.25) is 38.4 Å². The van der Waals surface area contributed by atoms with E-state index < -0.39 is 115 Å². The highest BCUT2D eigenvalue weighted by Gasteiger charge is 2.35. The van der Waals surface area contributed by atoms with Crippen molar-refractivity contribution in [1.29, 1.82) is 0 Å². The van der Waals surface area contributed by atoms with Gasteiger partial charge in [0.2, 0.25) is 35.4 Å². The van der Waals surface area contributed by atoms with Crippen LogP contribution in [0.2, 0.25) is 0 Å². The van der Waals surface area contributed by atoms with Crippen molar-refractivity contribution in [2.75, 3.05) is 6.54 Å². The van der Waals surface area contributed by atoms with E-state index in [0.717, 1.165) is 0 Å². The Kier molecular flexibility index (Phi) is 23.9. The summed E-state index contributed by atoms with van der Waals surface area (Å²) < 4.78 is 0. The molecule has 8 atom stereocenters. The van der Waals surface area contributed by atoms with E-state index in [9.17, 15) is 58.5 Å². The molecule has 0 aromatic rings. The van der Waals surface area contributed by atoms with Gasteiger partial charge < -0.3 is 63.8 Å². The molecular formula is C36H64N8O13. The first kappa shape index (κ1) is 52.1. The van der Waals surface area contributed by atoms with Crippen molar-refractivity contribution in [3.63, 3.8) is 0 Å². The van der Waals surface area contributed by atoms with Crippen LogP contribution < -0.4 is 43.4 Å². The number of hydrogen-bond acceptors (Lipinski definition) is 12. The largest absolute Gasteiger partial charge is 0.481 e. The van der Waals surface area contributed by atoms with Crippen molar-refractivity contribution in [2.24, 2.45) is 29.2 Å². The number of carbonyl (C=O) groups is 9. The lowest BCUT2D eigenvalue weighted by Gasteiger charge is -2.29. The van der Waals surface area contributed by atoms with Gasteiger partial charge in [-0.1, -0.05) is 41.5 Å². The van der Waals surface area contributed by atoms with Gasteiger partial charge in [0.05, 0.1) is 18.9 Å². The molecule has 21 heteroatoms. The standard InChI is InChI=1S/C36H64N8O13/c1-17(2)12-22(40-30(50)21(10-8-9-11-37)39-34(54)25(15-27(46)47)43-35(55)29(38)20(7)45)31(51)41-23(13-18(3)4)32(52)42-24(14-19(5)6)33(53)44-26(36(56)57)16-28(48)49/h17-26,29,45H,8-16,37-38H2,1-7H3,(H,39,54)(H,40,50)(H,41,51)(H,42,52)(H,43,55)(H,44,53)(H,46,47)(H,48,49)(H,56,57)/t20-,21+,22+,23+,24+,25+,26+,29+/m1/s1. The van der Waals surface area contributed by atoms with Gasteiger partial charge in [0.25, 0.3) is 0 Å². The molecule has 0 aliphatic carbocycles. The highest BCUT2D eigenvalue weighted by Crippen LogP contribution is 2.13. The summed E-state index contributed by atoms with van der Waals surface area (Å²) in [6, 6.07) is -10.1. The first-order valence-electron chi connectivity index (χ1n) is 19.0. The highest BCUT2D eigenvalue weighted by molar-refractivity contribution is 5.98. The van der Waals surface area contributed by atoms with Crippen molar-refractivity contribution < 1.29 is 63.6 Å². The molecule has 0 bridgehead atoms. The van der Waals surface area contributed by atoms with Gasteiger partial charge in [-0.25, -0.2) is 4.79 Å². The van der Waals surface area contributed by atoms with Crippen LogP contribution in [0.15, 0.2) is 0 Å². The van der Waals surface area contributed by atoms with Crippen LogP contribution in [0.1, 0.15) is 99.8 Å². The van der Waals surface area contributed by atoms with E-state index in [0.29, 0.717) is 12.8 Å². The molecule has 0 aliphatic rings. The molecule has 6 amide bonds. The van der Waals surface area contributed by atoms with Gasteiger partial charge in [0.1, 0.15) is 42.3 Å². The second kappa shape index (κ2) is 26.1. The second-order valence-electron chi connectivity index (χ2n) is 15.3. The third kappa shape index (κ3) is 21.3. The lowest BCUT2D eigenvalue weighted by molar-refractivity contribution is -0.147. The number of aliphatic hydroxyl groups excluding tert-OH is 1. The average molecular weight is 817 g/mol. The van der Waals surface area contributed by atoms with E-state index in [-0.39, 0.29) is 50.0 Å². The van der Waals surface area contributed by atoms with E-state index in [2.05, 4.69) is 31.9 Å². The molecule has 0 spiro atoms. The maximum atomic E-state index is 13.9. The number of hydrogen-bond donors (Lipinski definition) is 12. The summed E-state index contributed by atoms with van der Waals surface area (Å²) in [6.07, 6.45) is -2.20. The van der Waals surface area contributed by atoms with Crippen molar-refractivity contribution in [2.45, 2.75) is 148 Å². The fourth-order valence-electron chi connectivity index (χ4n) is 5.48. The van der Waals surface area contributed by atoms with E-state index in [1.54, 1.807) is 41.5 Å². The quantitative estimate of drug-likeness (QED) is 0.0377. The minimum absolute atomic E-state index is 0.00139. The van der Waals surface area contributed by atoms with Gasteiger partial charge >= 0.3 is 17.9 Å². The van der Waals surface area contributed by atoms with Crippen LogP contribution in [0.3, 0.4) is 0 Å². The van der Waals surface area contributed by atoms with E-state index in [1.165, 1.54) is 6.92 Å². The SMILES string of the molecule is CC(C)C[C@H](NC(=O)[C@H](CC(C)C)NC(=O)[C@H](CC(C)C)NC(=O)[C@H](CCCCN)NC(=O)[C@H](CC(=O)O)NC(=O)[C@@H](N)[C@@H](C)O)C(=O)N[C@@H](CC(=O)O)C(=O)O. The number of aliphatic hydroxyl groups is 1. The summed E-state index contributed by atoms with van der Waals surface area (Å²) in [7, 11) is 0. The Bertz CT molecular complexity index is 1390. The zero-order valence-corrected chi connectivity index (χ0v) is 33.8. The van der Waals surface area contributed by atoms with E-state index >= 15 is 0 Å². The normalized spacial score (nSPS) is 15.5. The van der Waals surface area contributed by atoms with Crippen LogP contribution in [0.4, 0.5) is 0 Å². The van der Waals surface area contributed by atoms with Crippen LogP contribution >= 0.6 is 0 Å². The van der Waals surface area contributed by atoms with Gasteiger partial charge in [-0.15, -0.1) is 0 Å². The smallest absolute Gasteiger partial charge is 0.326 e. The van der Waals surface area contributed by atoms with Gasteiger partial charge in [0, 0.05) is 0 Å². The minimum atomic E-state index is -1.77. The molecule has 0 aliphatic heterocycles. The van der Waals surface area contributed by atoms with Crippen molar-refractivity contribution in [3.05, 3.63) is 0 Å². The molecule has 326 valence electrons. The summed E-state index contributed by atoms with van der Waals surface area (Å²) >= 11 is 0. The number of unbranched alkanes of at least 4 members (excludes halogenated alkanes) is 1. The van der Waals surface area contributed by atoms with Crippen LogP contribution in [-0.4, -0.2) is 129 Å². The third-order valence-electron chi connectivity index (χ3n) is 8.43. The van der Waals surface area contributed by atoms with Gasteiger partial charge in [0.15, 0.2) is 0 Å². The molecule has 57 heavy (non-hydrogen) atoms. The molecule has 0 aromatic heterocycles. The molecule has 0 unspecified atom stereocenters. The zero-order chi connectivity index (χ0) is 44.2. The number of amides is 6. The molecule has 0 fully saturated rings. The van der Waals surface area contributed by atoms with Gasteiger partial charge in [-0.05, 0) is 69.7 Å². The minimum Gasteiger partial charge on any atom is -0.481 e. The fraction of sp³-hybridized carbons (Fsp3) is 0.750. The van der Waals surface area contributed by atoms with E-state index in [1.807, 2.05) is 0 Å². The number of rotatable bonds is 28. The predicted molar refractivity (Wildman–Crippen MR) is 205 cm³/mol. The highest BCUT2D eigenvalue weighted by atomic mass is 16.4. The number of carbonyl (C=O) groups excluding carboxylic acids is 6. The van der Waals surface area contributed by atoms with Crippen LogP contribution in [-0.2, 0) is 43.2 Å². The predicted octanol–water partition coefficient (Wildman–Crippen LogP) is -2.10. The average Bonchev–Trinajstić information content (AvgIpc) is 3.07. The van der Waals surface area contributed by atoms with Gasteiger partial charge in [-0.2, -0.15) is 0 Å². The second-order valence-corrected chi connectivity index (χ2v) is 15.3. The zero-order valence-electron chi connectivity index (χ0n) is 33.8. The first-order valence-corrected chi connectivity index (χ1v) is 19.0.